The second-order valence-corrected chi connectivity index (χ2v) is 6.70. The van der Waals surface area contributed by atoms with Crippen LogP contribution >= 0.6 is 0 Å². The summed E-state index contributed by atoms with van der Waals surface area (Å²) < 4.78 is 0. The molecule has 0 aliphatic carbocycles. The Kier molecular flexibility index (Phi) is 7.96. The van der Waals surface area contributed by atoms with Crippen LogP contribution in [0, 0.1) is 11.8 Å². The quantitative estimate of drug-likeness (QED) is 0.682. The van der Waals surface area contributed by atoms with E-state index in [4.69, 9.17) is 0 Å². The smallest absolute Gasteiger partial charge is 0.0240 e. The zero-order valence-electron chi connectivity index (χ0n) is 13.8. The fourth-order valence-corrected chi connectivity index (χ4v) is 3.11. The molecule has 1 saturated heterocycles. The molecule has 3 heteroatoms. The first kappa shape index (κ1) is 16.9. The lowest BCUT2D eigenvalue weighted by atomic mass is 9.94. The topological polar surface area (TPSA) is 18.5 Å². The molecule has 1 fully saturated rings. The van der Waals surface area contributed by atoms with Crippen molar-refractivity contribution in [2.75, 3.05) is 46.8 Å². The lowest BCUT2D eigenvalue weighted by Crippen LogP contribution is -2.46. The van der Waals surface area contributed by atoms with Crippen LogP contribution in [0.3, 0.4) is 0 Å². The molecule has 1 atom stereocenters. The molecule has 0 aromatic rings. The standard InChI is InChI=1S/C16H35N3/c1-6-9-17-12-16(14(2)3)19(5)13-15-7-10-18(4)11-8-15/h14-17H,6-13H2,1-5H3. The average molecular weight is 269 g/mol. The van der Waals surface area contributed by atoms with Gasteiger partial charge in [0.05, 0.1) is 0 Å². The molecule has 3 nitrogen and oxygen atoms in total. The van der Waals surface area contributed by atoms with Crippen LogP contribution in [0.4, 0.5) is 0 Å². The third kappa shape index (κ3) is 6.24. The normalized spacial score (nSPS) is 20.4. The first-order valence-corrected chi connectivity index (χ1v) is 8.14. The summed E-state index contributed by atoms with van der Waals surface area (Å²) in [5.74, 6) is 1.62. The fraction of sp³-hybridized carbons (Fsp3) is 1.00. The Hall–Kier alpha value is -0.120. The van der Waals surface area contributed by atoms with Gasteiger partial charge in [0, 0.05) is 19.1 Å². The zero-order chi connectivity index (χ0) is 14.3. The Morgan fingerprint density at radius 2 is 1.89 bits per heavy atom. The maximum absolute atomic E-state index is 3.59. The molecule has 19 heavy (non-hydrogen) atoms. The van der Waals surface area contributed by atoms with Crippen LogP contribution < -0.4 is 5.32 Å². The van der Waals surface area contributed by atoms with Crippen LogP contribution in [-0.4, -0.2) is 62.7 Å². The van der Waals surface area contributed by atoms with Crippen molar-refractivity contribution in [3.63, 3.8) is 0 Å². The van der Waals surface area contributed by atoms with Crippen LogP contribution in [0.5, 0.6) is 0 Å². The number of hydrogen-bond acceptors (Lipinski definition) is 3. The highest BCUT2D eigenvalue weighted by Gasteiger charge is 2.23. The second kappa shape index (κ2) is 8.93. The van der Waals surface area contributed by atoms with Crippen LogP contribution in [0.15, 0.2) is 0 Å². The van der Waals surface area contributed by atoms with Crippen molar-refractivity contribution in [2.45, 2.75) is 46.1 Å². The van der Waals surface area contributed by atoms with E-state index in [1.165, 1.54) is 38.9 Å². The summed E-state index contributed by atoms with van der Waals surface area (Å²) in [6.07, 6.45) is 3.96. The molecular formula is C16H35N3. The van der Waals surface area contributed by atoms with E-state index in [9.17, 15) is 0 Å². The first-order chi connectivity index (χ1) is 9.04. The van der Waals surface area contributed by atoms with Crippen molar-refractivity contribution in [3.05, 3.63) is 0 Å². The largest absolute Gasteiger partial charge is 0.315 e. The van der Waals surface area contributed by atoms with Gasteiger partial charge >= 0.3 is 0 Å². The number of piperidine rings is 1. The summed E-state index contributed by atoms with van der Waals surface area (Å²) in [6.45, 7) is 13.0. The number of rotatable bonds is 8. The number of hydrogen-bond donors (Lipinski definition) is 1. The molecule has 1 rings (SSSR count). The van der Waals surface area contributed by atoms with E-state index in [2.05, 4.69) is 50.0 Å². The van der Waals surface area contributed by atoms with E-state index in [0.717, 1.165) is 24.9 Å². The van der Waals surface area contributed by atoms with Crippen molar-refractivity contribution in [1.82, 2.24) is 15.1 Å². The van der Waals surface area contributed by atoms with Crippen molar-refractivity contribution >= 4 is 0 Å². The minimum absolute atomic E-state index is 0.672. The molecule has 1 aliphatic heterocycles. The van der Waals surface area contributed by atoms with Crippen molar-refractivity contribution < 1.29 is 0 Å². The van der Waals surface area contributed by atoms with Gasteiger partial charge < -0.3 is 15.1 Å². The van der Waals surface area contributed by atoms with Gasteiger partial charge in [0.15, 0.2) is 0 Å². The summed E-state index contributed by atoms with van der Waals surface area (Å²) >= 11 is 0. The van der Waals surface area contributed by atoms with Crippen LogP contribution in [0.1, 0.15) is 40.0 Å². The van der Waals surface area contributed by atoms with Crippen LogP contribution in [-0.2, 0) is 0 Å². The highest BCUT2D eigenvalue weighted by atomic mass is 15.2. The average Bonchev–Trinajstić information content (AvgIpc) is 2.37. The summed E-state index contributed by atoms with van der Waals surface area (Å²) in [5.41, 5.74) is 0. The van der Waals surface area contributed by atoms with Gasteiger partial charge in [0.2, 0.25) is 0 Å². The van der Waals surface area contributed by atoms with E-state index >= 15 is 0 Å². The minimum atomic E-state index is 0.672. The number of nitrogens with zero attached hydrogens (tertiary/aromatic N) is 2. The molecule has 0 bridgehead atoms. The van der Waals surface area contributed by atoms with Crippen molar-refractivity contribution in [1.29, 1.82) is 0 Å². The van der Waals surface area contributed by atoms with Gasteiger partial charge in [-0.15, -0.1) is 0 Å². The van der Waals surface area contributed by atoms with Gasteiger partial charge in [-0.1, -0.05) is 20.8 Å². The first-order valence-electron chi connectivity index (χ1n) is 8.14. The minimum Gasteiger partial charge on any atom is -0.315 e. The van der Waals surface area contributed by atoms with Gasteiger partial charge in [-0.05, 0) is 64.8 Å². The Morgan fingerprint density at radius 3 is 2.42 bits per heavy atom. The molecule has 0 aromatic carbocycles. The molecule has 0 radical (unpaired) electrons. The van der Waals surface area contributed by atoms with Crippen LogP contribution in [0.2, 0.25) is 0 Å². The Labute approximate surface area is 120 Å². The van der Waals surface area contributed by atoms with E-state index in [1.54, 1.807) is 0 Å². The SMILES string of the molecule is CCCNCC(C(C)C)N(C)CC1CCN(C)CC1. The fourth-order valence-electron chi connectivity index (χ4n) is 3.11. The van der Waals surface area contributed by atoms with Gasteiger partial charge in [0.1, 0.15) is 0 Å². The number of likely N-dealkylation sites (N-methyl/N-ethyl adjacent to an activating group) is 1. The molecule has 1 unspecified atom stereocenters. The lowest BCUT2D eigenvalue weighted by molar-refractivity contribution is 0.127. The van der Waals surface area contributed by atoms with Gasteiger partial charge in [-0.25, -0.2) is 0 Å². The summed E-state index contributed by atoms with van der Waals surface area (Å²) in [7, 11) is 4.56. The molecule has 114 valence electrons. The molecule has 0 spiro atoms. The van der Waals surface area contributed by atoms with Gasteiger partial charge in [0.25, 0.3) is 0 Å². The molecule has 1 N–H and O–H groups in total. The van der Waals surface area contributed by atoms with E-state index in [1.807, 2.05) is 0 Å². The molecule has 0 amide bonds. The molecule has 0 aromatic heterocycles. The molecule has 0 saturated carbocycles. The van der Waals surface area contributed by atoms with Gasteiger partial charge in [-0.3, -0.25) is 0 Å². The van der Waals surface area contributed by atoms with Crippen molar-refractivity contribution in [3.8, 4) is 0 Å². The maximum Gasteiger partial charge on any atom is 0.0240 e. The van der Waals surface area contributed by atoms with Gasteiger partial charge in [-0.2, -0.15) is 0 Å². The van der Waals surface area contributed by atoms with Crippen LogP contribution in [0.25, 0.3) is 0 Å². The maximum atomic E-state index is 3.59. The molecule has 1 aliphatic rings. The highest BCUT2D eigenvalue weighted by Crippen LogP contribution is 2.19. The van der Waals surface area contributed by atoms with Crippen molar-refractivity contribution in [2.24, 2.45) is 11.8 Å². The highest BCUT2D eigenvalue weighted by molar-refractivity contribution is 4.79. The Balaban J connectivity index is 2.36. The predicted octanol–water partition coefficient (Wildman–Crippen LogP) is 2.28. The third-order valence-electron chi connectivity index (χ3n) is 4.50. The monoisotopic (exact) mass is 269 g/mol. The van der Waals surface area contributed by atoms with E-state index < -0.39 is 0 Å². The Bertz CT molecular complexity index is 222. The third-order valence-corrected chi connectivity index (χ3v) is 4.50. The number of nitrogens with one attached hydrogen (secondary N) is 1. The lowest BCUT2D eigenvalue weighted by Gasteiger charge is -2.37. The number of likely N-dealkylation sites (tertiary alicyclic amines) is 1. The zero-order valence-corrected chi connectivity index (χ0v) is 13.8. The van der Waals surface area contributed by atoms with E-state index in [-0.39, 0.29) is 0 Å². The summed E-state index contributed by atoms with van der Waals surface area (Å²) in [5, 5.41) is 3.59. The summed E-state index contributed by atoms with van der Waals surface area (Å²) in [4.78, 5) is 5.06. The Morgan fingerprint density at radius 1 is 1.26 bits per heavy atom. The molecular weight excluding hydrogens is 234 g/mol. The summed E-state index contributed by atoms with van der Waals surface area (Å²) in [6, 6.07) is 0.672. The van der Waals surface area contributed by atoms with E-state index in [0.29, 0.717) is 6.04 Å². The predicted molar refractivity (Wildman–Crippen MR) is 84.6 cm³/mol. The second-order valence-electron chi connectivity index (χ2n) is 6.70. The molecule has 1 heterocycles.